The summed E-state index contributed by atoms with van der Waals surface area (Å²) in [5, 5.41) is 19.4. The zero-order valence-corrected chi connectivity index (χ0v) is 31.5. The van der Waals surface area contributed by atoms with Gasteiger partial charge >= 0.3 is 5.97 Å². The summed E-state index contributed by atoms with van der Waals surface area (Å²) in [7, 11) is 3.32. The molecule has 234 valence electrons. The highest BCUT2D eigenvalue weighted by atomic mass is 127. The minimum absolute atomic E-state index is 0.0181. The van der Waals surface area contributed by atoms with Crippen LogP contribution in [0.2, 0.25) is 0 Å². The molecule has 1 rings (SSSR count). The fourth-order valence-electron chi connectivity index (χ4n) is 2.58. The first-order valence-corrected chi connectivity index (χ1v) is 20.6. The summed E-state index contributed by atoms with van der Waals surface area (Å²) < 4.78 is 4.70. The first kappa shape index (κ1) is 44.4. The molecule has 0 aliphatic carbocycles. The number of benzene rings is 1. The lowest BCUT2D eigenvalue weighted by atomic mass is 9.99. The van der Waals surface area contributed by atoms with Crippen molar-refractivity contribution in [2.75, 3.05) is 31.3 Å². The van der Waals surface area contributed by atoms with Gasteiger partial charge in [-0.15, -0.1) is 0 Å². The molecule has 0 heterocycles. The highest BCUT2D eigenvalue weighted by Gasteiger charge is 2.20. The van der Waals surface area contributed by atoms with Crippen LogP contribution in [0.25, 0.3) is 0 Å². The number of halogens is 2. The smallest absolute Gasteiger partial charge is 0.332 e. The number of Topliss-reactive ketones (excluding diaryl/α,β-unsaturated/α-hetero) is 1. The Hall–Kier alpha value is -0.0900. The molecule has 0 bridgehead atoms. The van der Waals surface area contributed by atoms with Crippen molar-refractivity contribution in [3.63, 3.8) is 0 Å². The average Bonchev–Trinajstić information content (AvgIpc) is 2.89. The van der Waals surface area contributed by atoms with Crippen LogP contribution in [-0.4, -0.2) is 64.7 Å². The molecule has 1 aromatic rings. The van der Waals surface area contributed by atoms with Gasteiger partial charge in [0.1, 0.15) is 12.2 Å². The molecule has 0 aromatic heterocycles. The third kappa shape index (κ3) is 26.8. The normalized spacial score (nSPS) is 10.5. The van der Waals surface area contributed by atoms with Gasteiger partial charge in [0.15, 0.2) is 5.78 Å². The fraction of sp³-hybridized carbons (Fsp3) is 0.690. The molecule has 7 nitrogen and oxygen atoms in total. The van der Waals surface area contributed by atoms with Crippen molar-refractivity contribution in [1.29, 1.82) is 0 Å². The van der Waals surface area contributed by atoms with Crippen LogP contribution in [0.5, 0.6) is 0 Å². The maximum absolute atomic E-state index is 12.5. The van der Waals surface area contributed by atoms with Gasteiger partial charge in [-0.25, -0.2) is 4.79 Å². The van der Waals surface area contributed by atoms with Crippen molar-refractivity contribution in [2.45, 2.75) is 80.8 Å². The molecule has 0 saturated carbocycles. The average molecular weight is 828 g/mol. The fourth-order valence-corrected chi connectivity index (χ4v) is 6.18. The van der Waals surface area contributed by atoms with E-state index in [0.717, 1.165) is 24.3 Å². The van der Waals surface area contributed by atoms with Gasteiger partial charge in [-0.2, -0.15) is 0 Å². The van der Waals surface area contributed by atoms with Gasteiger partial charge in [-0.05, 0) is 100.0 Å². The van der Waals surface area contributed by atoms with E-state index < -0.39 is 18.2 Å². The van der Waals surface area contributed by atoms with Crippen molar-refractivity contribution < 1.29 is 29.3 Å². The first-order chi connectivity index (χ1) is 18.7. The monoisotopic (exact) mass is 827 g/mol. The van der Waals surface area contributed by atoms with Gasteiger partial charge < -0.3 is 20.3 Å². The number of ketones is 1. The molecule has 0 fully saturated rings. The Morgan fingerprint density at radius 1 is 0.875 bits per heavy atom. The number of hydrogen-bond donors (Lipinski definition) is 3. The third-order valence-corrected chi connectivity index (χ3v) is 7.81. The third-order valence-electron chi connectivity index (χ3n) is 4.59. The van der Waals surface area contributed by atoms with E-state index in [1.807, 2.05) is 13.8 Å². The second-order valence-electron chi connectivity index (χ2n) is 10.3. The molecule has 1 amide bonds. The topological polar surface area (TPSA) is 113 Å². The number of aliphatic hydroxyl groups is 2. The summed E-state index contributed by atoms with van der Waals surface area (Å²) in [5.74, 6) is 2.36. The predicted molar refractivity (Wildman–Crippen MR) is 190 cm³/mol. The predicted octanol–water partition coefficient (Wildman–Crippen LogP) is 7.80. The maximum Gasteiger partial charge on any atom is 0.332 e. The van der Waals surface area contributed by atoms with Gasteiger partial charge in [-0.3, -0.25) is 9.59 Å². The number of nitrogens with one attached hydrogen (secondary N) is 1. The number of hydrogen-bond acceptors (Lipinski definition) is 8. The number of amides is 1. The molecule has 0 atom stereocenters. The van der Waals surface area contributed by atoms with Crippen molar-refractivity contribution >= 4 is 77.9 Å². The highest BCUT2D eigenvalue weighted by Crippen LogP contribution is 2.25. The molecule has 0 spiro atoms. The van der Waals surface area contributed by atoms with Crippen molar-refractivity contribution in [1.82, 2.24) is 5.32 Å². The lowest BCUT2D eigenvalue weighted by Gasteiger charge is -2.18. The number of aliphatic hydroxyl groups excluding tert-OH is 2. The van der Waals surface area contributed by atoms with Crippen LogP contribution in [0.4, 0.5) is 0 Å². The summed E-state index contributed by atoms with van der Waals surface area (Å²) in [6, 6.07) is 7.01. The first-order valence-electron chi connectivity index (χ1n) is 13.5. The second kappa shape index (κ2) is 27.7. The molecule has 40 heavy (non-hydrogen) atoms. The van der Waals surface area contributed by atoms with Gasteiger partial charge in [0.05, 0.1) is 0 Å². The zero-order valence-electron chi connectivity index (χ0n) is 25.6. The molecule has 0 aliphatic heterocycles. The summed E-state index contributed by atoms with van der Waals surface area (Å²) >= 11 is 4.45. The van der Waals surface area contributed by atoms with Crippen LogP contribution in [-0.2, 0) is 9.53 Å². The Kier molecular flexibility index (Phi) is 30.7. The molecular weight excluding hydrogens is 776 g/mol. The Morgan fingerprint density at radius 3 is 1.62 bits per heavy atom. The summed E-state index contributed by atoms with van der Waals surface area (Å²) in [5.41, 5.74) is 0.804. The van der Waals surface area contributed by atoms with Crippen LogP contribution < -0.4 is 5.32 Å². The summed E-state index contributed by atoms with van der Waals surface area (Å²) in [6.45, 7) is 18.2. The summed E-state index contributed by atoms with van der Waals surface area (Å²) in [6.07, 6.45) is 1.89. The van der Waals surface area contributed by atoms with E-state index in [4.69, 9.17) is 14.9 Å². The number of esters is 1. The second-order valence-corrected chi connectivity index (χ2v) is 15.1. The quantitative estimate of drug-likeness (QED) is 0.105. The van der Waals surface area contributed by atoms with Crippen molar-refractivity contribution in [3.8, 4) is 0 Å². The minimum atomic E-state index is -0.581. The number of rotatable bonds is 13. The molecule has 0 saturated heterocycles. The Bertz CT molecular complexity index is 782. The van der Waals surface area contributed by atoms with Crippen LogP contribution in [0.3, 0.4) is 0 Å². The SMILES string of the molecule is CC.CC(C)(C)OC(=O)CO.CC(C)CCNC(=O)c1ccc(C(=O)C(CSI)CSI)cc1.CC(C)CCO. The van der Waals surface area contributed by atoms with Crippen molar-refractivity contribution in [2.24, 2.45) is 17.8 Å². The maximum atomic E-state index is 12.5. The lowest BCUT2D eigenvalue weighted by Crippen LogP contribution is -2.25. The molecule has 3 N–H and O–H groups in total. The molecule has 0 aliphatic rings. The molecular formula is C29H51I2NO6S2. The zero-order chi connectivity index (χ0) is 31.7. The molecule has 1 aromatic carbocycles. The van der Waals surface area contributed by atoms with E-state index in [9.17, 15) is 14.4 Å². The Morgan fingerprint density at radius 2 is 1.32 bits per heavy atom. The Balaban J connectivity index is -0.000000660. The van der Waals surface area contributed by atoms with Crippen molar-refractivity contribution in [3.05, 3.63) is 35.4 Å². The standard InChI is InChI=1S/C16H21I2NO2S2.C6H12O3.C5H12O.C2H6/c1-11(2)7-8-19-16(21)13-5-3-12(4-6-13)15(20)14(9-22-17)10-23-18;1-6(2,3)9-5(8)4-7;1-5(2)3-4-6;1-2/h3-6,11,14H,7-10H2,1-2H3,(H,19,21);7H,4H2,1-3H3;5-6H,3-4H2,1-2H3;1-2H3. The molecule has 11 heteroatoms. The van der Waals surface area contributed by atoms with Gasteiger partial charge in [0, 0.05) is 41.7 Å². The van der Waals surface area contributed by atoms with E-state index in [2.05, 4.69) is 75.4 Å². The van der Waals surface area contributed by atoms with Gasteiger partial charge in [0.2, 0.25) is 0 Å². The highest BCUT2D eigenvalue weighted by molar-refractivity contribution is 14.2. The number of ether oxygens (including phenoxy) is 1. The number of carbonyl (C=O) groups is 3. The van der Waals surface area contributed by atoms with E-state index in [0.29, 0.717) is 36.1 Å². The van der Waals surface area contributed by atoms with E-state index >= 15 is 0 Å². The van der Waals surface area contributed by atoms with Crippen LogP contribution in [0.15, 0.2) is 24.3 Å². The van der Waals surface area contributed by atoms with Crippen LogP contribution >= 0.6 is 60.3 Å². The molecule has 0 unspecified atom stereocenters. The molecule has 0 radical (unpaired) electrons. The lowest BCUT2D eigenvalue weighted by molar-refractivity contribution is -0.158. The summed E-state index contributed by atoms with van der Waals surface area (Å²) in [4.78, 5) is 34.9. The van der Waals surface area contributed by atoms with Crippen LogP contribution in [0, 0.1) is 17.8 Å². The minimum Gasteiger partial charge on any atom is -0.458 e. The van der Waals surface area contributed by atoms with Gasteiger partial charge in [0.25, 0.3) is 5.91 Å². The Labute approximate surface area is 275 Å². The van der Waals surface area contributed by atoms with Gasteiger partial charge in [-0.1, -0.05) is 71.5 Å². The van der Waals surface area contributed by atoms with E-state index in [1.54, 1.807) is 62.9 Å². The largest absolute Gasteiger partial charge is 0.458 e. The van der Waals surface area contributed by atoms with E-state index in [1.165, 1.54) is 0 Å². The van der Waals surface area contributed by atoms with Crippen LogP contribution in [0.1, 0.15) is 95.9 Å². The van der Waals surface area contributed by atoms with E-state index in [-0.39, 0.29) is 17.6 Å². The number of carbonyl (C=O) groups excluding carboxylic acids is 3.